The molecule has 0 aromatic heterocycles. The van der Waals surface area contributed by atoms with Crippen LogP contribution >= 0.6 is 0 Å². The van der Waals surface area contributed by atoms with Gasteiger partial charge in [0, 0.05) is 0 Å². The fraction of sp³-hybridized carbons (Fsp3) is 0.500. The van der Waals surface area contributed by atoms with Crippen LogP contribution in [0, 0.1) is 27.8 Å². The molecule has 0 heterocycles. The van der Waals surface area contributed by atoms with Crippen molar-refractivity contribution in [3.8, 4) is 0 Å². The number of carbonyl (C=O) groups excluding carboxylic acids is 2. The number of hydrogen-bond acceptors (Lipinski definition) is 4. The quantitative estimate of drug-likeness (QED) is 0.573. The van der Waals surface area contributed by atoms with Gasteiger partial charge in [0.05, 0.1) is 0 Å². The molecule has 0 atom stereocenters. The molecule has 0 N–H and O–H groups in total. The summed E-state index contributed by atoms with van der Waals surface area (Å²) in [5.74, 6) is 0. The third kappa shape index (κ3) is 4430000. The fourth-order valence-corrected chi connectivity index (χ4v) is 0. The molecule has 0 aliphatic carbocycles. The van der Waals surface area contributed by atoms with E-state index in [0.717, 1.165) is 0 Å². The van der Waals surface area contributed by atoms with Crippen LogP contribution in [0.1, 0.15) is 13.8 Å². The molecule has 0 spiro atoms. The van der Waals surface area contributed by atoms with E-state index >= 15 is 0 Å². The van der Waals surface area contributed by atoms with E-state index < -0.39 is 27.8 Å². The van der Waals surface area contributed by atoms with E-state index in [1.807, 2.05) is 0 Å². The second-order valence-electron chi connectivity index (χ2n) is 0.492. The summed E-state index contributed by atoms with van der Waals surface area (Å²) in [6.45, 7) is 2.64. The number of hydrogen-bond donors (Lipinski definition) is 0. The van der Waals surface area contributed by atoms with Gasteiger partial charge in [-0.15, -0.1) is 0 Å². The molecular formula is C4H6O4U. The van der Waals surface area contributed by atoms with Gasteiger partial charge in [-0.3, -0.25) is 12.6 Å². The predicted molar refractivity (Wildman–Crippen MR) is 24.1 cm³/mol. The first-order valence-electron chi connectivity index (χ1n) is 1.82. The van der Waals surface area contributed by atoms with Crippen molar-refractivity contribution in [1.82, 2.24) is 0 Å². The minimum absolute atomic E-state index is 1.32. The molecule has 0 fully saturated rings. The van der Waals surface area contributed by atoms with Gasteiger partial charge in [0.2, 0.25) is 0 Å². The van der Waals surface area contributed by atoms with Crippen LogP contribution in [0.25, 0.3) is 0 Å². The summed E-state index contributed by atoms with van der Waals surface area (Å²) >= 11 is -2.51. The van der Waals surface area contributed by atoms with Crippen molar-refractivity contribution >= 4 is 12.6 Å². The van der Waals surface area contributed by atoms with Gasteiger partial charge in [-0.05, 0) is 0 Å². The van der Waals surface area contributed by atoms with Crippen molar-refractivity contribution in [1.29, 1.82) is 0 Å². The second kappa shape index (κ2) is 43.6. The summed E-state index contributed by atoms with van der Waals surface area (Å²) < 4.78 is 17.2. The Hall–Kier alpha value is -0.00805. The molecule has 0 aliphatic rings. The Morgan fingerprint density at radius 1 is 1.00 bits per heavy atom. The van der Waals surface area contributed by atoms with Crippen molar-refractivity contribution < 1.29 is 41.9 Å². The Morgan fingerprint density at radius 2 is 1.00 bits per heavy atom. The van der Waals surface area contributed by atoms with Crippen molar-refractivity contribution in [2.45, 2.75) is 13.8 Å². The van der Waals surface area contributed by atoms with Crippen molar-refractivity contribution in [2.24, 2.45) is 0 Å². The van der Waals surface area contributed by atoms with Gasteiger partial charge in [0.15, 0.2) is 0 Å². The van der Waals surface area contributed by atoms with Crippen LogP contribution in [-0.4, -0.2) is 12.6 Å². The van der Waals surface area contributed by atoms with Gasteiger partial charge >= 0.3 is 32.3 Å². The summed E-state index contributed by atoms with van der Waals surface area (Å²) in [5.41, 5.74) is 0. The topological polar surface area (TPSA) is 68.3 Å². The fourth-order valence-electron chi connectivity index (χ4n) is 0. The van der Waals surface area contributed by atoms with Crippen LogP contribution in [-0.2, 0) is 14.1 Å². The second-order valence-corrected chi connectivity index (χ2v) is 1.19. The van der Waals surface area contributed by atoms with Gasteiger partial charge < -0.3 is 9.59 Å². The zero-order chi connectivity index (χ0) is 8.12. The molecule has 5 heteroatoms. The van der Waals surface area contributed by atoms with Gasteiger partial charge in [-0.2, -0.15) is 13.8 Å². The standard InChI is InChI=1S/2C2H3O.2O.U/c2*1-2-3;;;/h2*1H3;;;/q2*-1;;;+2. The molecule has 0 amide bonds. The first-order chi connectivity index (χ1) is 4.24. The molecule has 0 radical (unpaired) electrons. The average Bonchev–Trinajstić information content (AvgIpc) is 1.70. The van der Waals surface area contributed by atoms with Crippen LogP contribution in [0.3, 0.4) is 0 Å². The van der Waals surface area contributed by atoms with Crippen LogP contribution in [0.5, 0.6) is 0 Å². The maximum absolute atomic E-state index is 8.68. The normalized spacial score (nSPS) is 3.78. The third-order valence-electron chi connectivity index (χ3n) is 0. The van der Waals surface area contributed by atoms with Crippen LogP contribution in [0.15, 0.2) is 0 Å². The van der Waals surface area contributed by atoms with Gasteiger partial charge in [0.1, 0.15) is 0 Å². The molecule has 0 rings (SSSR count). The first-order valence-corrected chi connectivity index (χ1v) is 5.22. The molecule has 50 valence electrons. The molecule has 9 heavy (non-hydrogen) atoms. The van der Waals surface area contributed by atoms with Crippen molar-refractivity contribution in [3.63, 3.8) is 0 Å². The summed E-state index contributed by atoms with van der Waals surface area (Å²) in [6.07, 6.45) is 3.00. The molecule has 4 nitrogen and oxygen atoms in total. The van der Waals surface area contributed by atoms with E-state index in [4.69, 9.17) is 14.1 Å². The van der Waals surface area contributed by atoms with E-state index in [1.54, 1.807) is 0 Å². The summed E-state index contributed by atoms with van der Waals surface area (Å²) in [7, 11) is 0. The van der Waals surface area contributed by atoms with Gasteiger partial charge in [-0.1, -0.05) is 0 Å². The summed E-state index contributed by atoms with van der Waals surface area (Å²) in [4.78, 5) is 17.4. The predicted octanol–water partition coefficient (Wildman–Crippen LogP) is -0.00560. The Labute approximate surface area is 68.2 Å². The van der Waals surface area contributed by atoms with Crippen LogP contribution < -0.4 is 0 Å². The van der Waals surface area contributed by atoms with Gasteiger partial charge in [0.25, 0.3) is 0 Å². The molecule has 0 saturated carbocycles. The van der Waals surface area contributed by atoms with Gasteiger partial charge in [-0.25, -0.2) is 0 Å². The molecule has 0 aromatic rings. The molecule has 0 unspecified atom stereocenters. The Balaban J connectivity index is -0.0000000600. The molecule has 0 bridgehead atoms. The molecular weight excluding hydrogens is 350 g/mol. The van der Waals surface area contributed by atoms with E-state index in [0.29, 0.717) is 0 Å². The average molecular weight is 356 g/mol. The summed E-state index contributed by atoms with van der Waals surface area (Å²) in [5, 5.41) is 0. The Kier molecular flexibility index (Phi) is 77.6. The zero-order valence-electron chi connectivity index (χ0n) is 5.13. The molecule has 0 aromatic carbocycles. The SMILES string of the molecule is C[C-]=O.C[C-]=O.[O]=[U+2]=[O]. The number of rotatable bonds is 0. The molecule has 0 saturated heterocycles. The Bertz CT molecular complexity index is 78.6. The van der Waals surface area contributed by atoms with Crippen molar-refractivity contribution in [2.75, 3.05) is 0 Å². The van der Waals surface area contributed by atoms with Crippen LogP contribution in [0.4, 0.5) is 0 Å². The van der Waals surface area contributed by atoms with Crippen LogP contribution in [0.2, 0.25) is 0 Å². The third-order valence-corrected chi connectivity index (χ3v) is 0. The molecule has 0 aliphatic heterocycles. The Morgan fingerprint density at radius 3 is 1.00 bits per heavy atom. The summed E-state index contributed by atoms with van der Waals surface area (Å²) in [6, 6.07) is 0. The minimum atomic E-state index is -2.51. The monoisotopic (exact) mass is 356 g/mol. The van der Waals surface area contributed by atoms with E-state index in [-0.39, 0.29) is 0 Å². The van der Waals surface area contributed by atoms with E-state index in [9.17, 15) is 0 Å². The zero-order valence-corrected chi connectivity index (χ0v) is 9.30. The maximum atomic E-state index is 8.68. The van der Waals surface area contributed by atoms with E-state index in [1.165, 1.54) is 26.4 Å². The van der Waals surface area contributed by atoms with Crippen molar-refractivity contribution in [3.05, 3.63) is 0 Å². The first kappa shape index (κ1) is 16.0. The van der Waals surface area contributed by atoms with E-state index in [2.05, 4.69) is 0 Å².